The van der Waals surface area contributed by atoms with Gasteiger partial charge in [0.1, 0.15) is 35.2 Å². The normalized spacial score (nSPS) is 11.9. The number of nitrogens with one attached hydrogen (secondary N) is 4. The Morgan fingerprint density at radius 1 is 0.702 bits per heavy atom. The molecule has 0 aliphatic rings. The molecule has 4 aromatic carbocycles. The molecule has 0 aliphatic heterocycles. The number of halogens is 6. The predicted octanol–water partition coefficient (Wildman–Crippen LogP) is 8.56. The molecule has 0 saturated carbocycles. The third-order valence-corrected chi connectivity index (χ3v) is 8.36. The number of benzene rings is 4. The molecule has 57 heavy (non-hydrogen) atoms. The molecule has 1 atom stereocenters. The molecule has 0 bridgehead atoms. The number of ketones is 1. The van der Waals surface area contributed by atoms with Crippen LogP contribution in [0.25, 0.3) is 21.8 Å². The number of aromatic nitrogens is 8. The van der Waals surface area contributed by atoms with E-state index in [2.05, 4.69) is 51.0 Å². The van der Waals surface area contributed by atoms with E-state index in [-0.39, 0.29) is 45.1 Å². The first-order valence-electron chi connectivity index (χ1n) is 16.9. The summed E-state index contributed by atoms with van der Waals surface area (Å²) in [7, 11) is 0. The van der Waals surface area contributed by atoms with Crippen molar-refractivity contribution in [3.8, 4) is 0 Å². The van der Waals surface area contributed by atoms with Crippen molar-refractivity contribution in [2.45, 2.75) is 26.1 Å². The maximum atomic E-state index is 14.4. The second kappa shape index (κ2) is 15.5. The van der Waals surface area contributed by atoms with Crippen LogP contribution in [-0.4, -0.2) is 51.2 Å². The van der Waals surface area contributed by atoms with E-state index in [1.54, 1.807) is 25.1 Å². The van der Waals surface area contributed by atoms with Crippen molar-refractivity contribution in [2.24, 2.45) is 0 Å². The maximum absolute atomic E-state index is 14.4. The van der Waals surface area contributed by atoms with Gasteiger partial charge in [0.15, 0.2) is 17.5 Å². The predicted molar refractivity (Wildman–Crippen MR) is 198 cm³/mol. The molecule has 0 spiro atoms. The Morgan fingerprint density at radius 3 is 1.91 bits per heavy atom. The first-order chi connectivity index (χ1) is 27.2. The zero-order chi connectivity index (χ0) is 40.4. The molecule has 4 heterocycles. The van der Waals surface area contributed by atoms with Gasteiger partial charge < -0.3 is 15.7 Å². The first kappa shape index (κ1) is 38.1. The van der Waals surface area contributed by atoms with E-state index in [1.807, 2.05) is 6.92 Å². The highest BCUT2D eigenvalue weighted by molar-refractivity contribution is 6.08. The van der Waals surface area contributed by atoms with Gasteiger partial charge in [0, 0.05) is 34.5 Å². The summed E-state index contributed by atoms with van der Waals surface area (Å²) in [6.07, 6.45) is -5.77. The van der Waals surface area contributed by atoms with Crippen molar-refractivity contribution in [1.29, 1.82) is 0 Å². The summed E-state index contributed by atoms with van der Waals surface area (Å²) in [6, 6.07) is 20.9. The fourth-order valence-electron chi connectivity index (χ4n) is 5.61. The van der Waals surface area contributed by atoms with E-state index >= 15 is 0 Å². The monoisotopic (exact) mass is 782 g/mol. The van der Waals surface area contributed by atoms with Crippen LogP contribution in [0.1, 0.15) is 50.6 Å². The number of fused-ring (bicyclic) bond motifs is 2. The quantitative estimate of drug-likeness (QED) is 0.0744. The molecule has 0 aliphatic carbocycles. The lowest BCUT2D eigenvalue weighted by Gasteiger charge is -2.14. The Balaban J connectivity index is 0.000000175. The number of nitrogens with zero attached hydrogens (tertiary/aromatic N) is 6. The van der Waals surface area contributed by atoms with Gasteiger partial charge >= 0.3 is 6.18 Å². The zero-order valence-corrected chi connectivity index (χ0v) is 29.6. The van der Waals surface area contributed by atoms with Crippen LogP contribution >= 0.6 is 0 Å². The molecule has 4 aromatic heterocycles. The third-order valence-electron chi connectivity index (χ3n) is 8.36. The molecular weight excluding hydrogens is 754 g/mol. The Morgan fingerprint density at radius 2 is 1.32 bits per heavy atom. The summed E-state index contributed by atoms with van der Waals surface area (Å²) < 4.78 is 80.2. The molecule has 5 N–H and O–H groups in total. The van der Waals surface area contributed by atoms with Gasteiger partial charge in [0.25, 0.3) is 0 Å². The molecule has 8 rings (SSSR count). The van der Waals surface area contributed by atoms with E-state index in [0.717, 1.165) is 35.7 Å². The number of carbonyl (C=O) groups excluding carboxylic acids is 1. The van der Waals surface area contributed by atoms with Gasteiger partial charge in [0.05, 0.1) is 22.0 Å². The van der Waals surface area contributed by atoms with Gasteiger partial charge in [0.2, 0.25) is 11.6 Å². The minimum Gasteiger partial charge on any atom is -0.380 e. The van der Waals surface area contributed by atoms with Crippen molar-refractivity contribution >= 4 is 50.9 Å². The molecule has 0 amide bonds. The molecule has 0 fully saturated rings. The fraction of sp³-hybridized carbons (Fsp3) is 0.103. The van der Waals surface area contributed by atoms with Crippen molar-refractivity contribution in [1.82, 2.24) is 40.3 Å². The number of alkyl halides is 3. The molecular formula is C39H28F6N10O2. The van der Waals surface area contributed by atoms with Crippen LogP contribution in [0.4, 0.5) is 49.6 Å². The largest absolute Gasteiger partial charge is 0.416 e. The van der Waals surface area contributed by atoms with Gasteiger partial charge in [-0.25, -0.2) is 33.1 Å². The highest BCUT2D eigenvalue weighted by Gasteiger charge is 2.31. The number of anilines is 4. The summed E-state index contributed by atoms with van der Waals surface area (Å²) in [6.45, 7) is 3.61. The number of aliphatic hydroxyl groups excluding tert-OH is 1. The van der Waals surface area contributed by atoms with Crippen LogP contribution in [0.3, 0.4) is 0 Å². The molecule has 1 unspecified atom stereocenters. The molecule has 8 aromatic rings. The van der Waals surface area contributed by atoms with Crippen molar-refractivity contribution in [3.05, 3.63) is 154 Å². The first-order valence-corrected chi connectivity index (χ1v) is 16.9. The van der Waals surface area contributed by atoms with E-state index < -0.39 is 41.1 Å². The summed E-state index contributed by atoms with van der Waals surface area (Å²) in [5, 5.41) is 30.5. The van der Waals surface area contributed by atoms with E-state index in [9.17, 15) is 36.2 Å². The molecule has 288 valence electrons. The van der Waals surface area contributed by atoms with Gasteiger partial charge in [-0.15, -0.1) is 0 Å². The topological polar surface area (TPSA) is 170 Å². The Kier molecular flexibility index (Phi) is 10.4. The molecule has 18 heteroatoms. The lowest BCUT2D eigenvalue weighted by atomic mass is 10.1. The van der Waals surface area contributed by atoms with E-state index in [0.29, 0.717) is 22.7 Å². The summed E-state index contributed by atoms with van der Waals surface area (Å²) in [4.78, 5) is 29.6. The number of hydrogen-bond donors (Lipinski definition) is 5. The van der Waals surface area contributed by atoms with Crippen LogP contribution in [-0.2, 0) is 6.18 Å². The number of aromatic amines is 2. The van der Waals surface area contributed by atoms with Gasteiger partial charge in [-0.3, -0.25) is 15.0 Å². The number of H-pyrrole nitrogens is 2. The SMILES string of the molecule is Cc1cc(Nc2nc(C(=O)c3ccc(F)cc3)nc3cc(C(F)(F)F)ccc23)n[nH]1.Cc1cc(Nc2nc(C(O)c3ccc(F)cc3)nc3cccc(F)c23)n[nH]1. The number of rotatable bonds is 8. The fourth-order valence-corrected chi connectivity index (χ4v) is 5.61. The van der Waals surface area contributed by atoms with Crippen LogP contribution < -0.4 is 10.6 Å². The number of hydrogen-bond acceptors (Lipinski definition) is 10. The lowest BCUT2D eigenvalue weighted by molar-refractivity contribution is -0.137. The minimum absolute atomic E-state index is 0.0643. The molecule has 0 radical (unpaired) electrons. The highest BCUT2D eigenvalue weighted by atomic mass is 19.4. The Labute approximate surface area is 318 Å². The second-order valence-corrected chi connectivity index (χ2v) is 12.6. The summed E-state index contributed by atoms with van der Waals surface area (Å²) in [5.74, 6) is -1.24. The van der Waals surface area contributed by atoms with Gasteiger partial charge in [-0.1, -0.05) is 18.2 Å². The second-order valence-electron chi connectivity index (χ2n) is 12.6. The van der Waals surface area contributed by atoms with Crippen molar-refractivity contribution in [2.75, 3.05) is 10.6 Å². The molecule has 12 nitrogen and oxygen atoms in total. The third kappa shape index (κ3) is 8.55. The average Bonchev–Trinajstić information content (AvgIpc) is 3.80. The standard InChI is InChI=1S/C20H13F4N5O.C19H15F2N5O/c1-10-8-16(29-28-10)26-18-14-7-4-12(20(22,23)24)9-15(14)25-19(27-18)17(30)11-2-5-13(21)6-3-11;1-10-9-15(26-25-10)23-18-16-13(21)3-2-4-14(16)22-19(24-18)17(27)11-5-7-12(20)8-6-11/h2-9H,1H3,(H2,25,26,27,28,29);2-9,17,27H,1H3,(H2,22,23,24,25,26). The number of aryl methyl sites for hydroxylation is 2. The van der Waals surface area contributed by atoms with Crippen LogP contribution in [0, 0.1) is 31.3 Å². The van der Waals surface area contributed by atoms with Gasteiger partial charge in [-0.05, 0) is 86.1 Å². The van der Waals surface area contributed by atoms with Crippen molar-refractivity contribution < 1.29 is 36.2 Å². The zero-order valence-electron chi connectivity index (χ0n) is 29.6. The molecule has 0 saturated heterocycles. The maximum Gasteiger partial charge on any atom is 0.416 e. The van der Waals surface area contributed by atoms with Crippen molar-refractivity contribution in [3.63, 3.8) is 0 Å². The minimum atomic E-state index is -4.58. The Bertz CT molecular complexity index is 2740. The van der Waals surface area contributed by atoms with E-state index in [4.69, 9.17) is 0 Å². The van der Waals surface area contributed by atoms with E-state index in [1.165, 1.54) is 54.6 Å². The highest BCUT2D eigenvalue weighted by Crippen LogP contribution is 2.34. The van der Waals surface area contributed by atoms with Crippen LogP contribution in [0.15, 0.2) is 97.1 Å². The average molecular weight is 783 g/mol. The smallest absolute Gasteiger partial charge is 0.380 e. The number of carbonyl (C=O) groups is 1. The van der Waals surface area contributed by atoms with Gasteiger partial charge in [-0.2, -0.15) is 23.4 Å². The summed E-state index contributed by atoms with van der Waals surface area (Å²) >= 11 is 0. The van der Waals surface area contributed by atoms with Crippen LogP contribution in [0.2, 0.25) is 0 Å². The van der Waals surface area contributed by atoms with Crippen LogP contribution in [0.5, 0.6) is 0 Å². The summed E-state index contributed by atoms with van der Waals surface area (Å²) in [5.41, 5.74) is 1.45. The lowest BCUT2D eigenvalue weighted by Crippen LogP contribution is -2.11. The Hall–Kier alpha value is -7.21. The number of aliphatic hydroxyl groups is 1.